The molecule has 0 saturated carbocycles. The van der Waals surface area contributed by atoms with Crippen molar-refractivity contribution in [2.24, 2.45) is 5.92 Å². The summed E-state index contributed by atoms with van der Waals surface area (Å²) in [5.74, 6) is -0.530. The number of hydrogen-bond acceptors (Lipinski definition) is 1. The Kier molecular flexibility index (Phi) is 4.21. The van der Waals surface area contributed by atoms with Gasteiger partial charge in [0.05, 0.1) is 0 Å². The Balaban J connectivity index is 2.68. The van der Waals surface area contributed by atoms with Crippen LogP contribution >= 0.6 is 0 Å². The van der Waals surface area contributed by atoms with Crippen LogP contribution in [0, 0.1) is 17.6 Å². The van der Waals surface area contributed by atoms with Crippen LogP contribution in [0.5, 0.6) is 0 Å². The molecule has 0 saturated heterocycles. The first-order valence-corrected chi connectivity index (χ1v) is 5.18. The van der Waals surface area contributed by atoms with Gasteiger partial charge in [-0.25, -0.2) is 8.78 Å². The summed E-state index contributed by atoms with van der Waals surface area (Å²) in [4.78, 5) is 0. The molecule has 0 heterocycles. The largest absolute Gasteiger partial charge is 0.310 e. The number of benzene rings is 1. The van der Waals surface area contributed by atoms with Crippen LogP contribution in [0.4, 0.5) is 8.78 Å². The molecule has 1 N–H and O–H groups in total. The van der Waals surface area contributed by atoms with Gasteiger partial charge in [-0.3, -0.25) is 0 Å². The van der Waals surface area contributed by atoms with Crippen molar-refractivity contribution in [1.82, 2.24) is 5.32 Å². The van der Waals surface area contributed by atoms with E-state index in [4.69, 9.17) is 0 Å². The predicted molar refractivity (Wildman–Crippen MR) is 57.6 cm³/mol. The average molecular weight is 213 g/mol. The van der Waals surface area contributed by atoms with Gasteiger partial charge >= 0.3 is 0 Å². The lowest BCUT2D eigenvalue weighted by Gasteiger charge is -2.16. The average Bonchev–Trinajstić information content (AvgIpc) is 2.12. The molecule has 0 unspecified atom stereocenters. The van der Waals surface area contributed by atoms with Crippen LogP contribution in [0.3, 0.4) is 0 Å². The summed E-state index contributed by atoms with van der Waals surface area (Å²) in [6, 6.07) is 3.58. The molecule has 1 atom stereocenters. The summed E-state index contributed by atoms with van der Waals surface area (Å²) in [6.07, 6.45) is 0. The van der Waals surface area contributed by atoms with E-state index in [9.17, 15) is 8.78 Å². The molecule has 0 aliphatic heterocycles. The maximum atomic E-state index is 12.9. The molecule has 84 valence electrons. The van der Waals surface area contributed by atoms with Crippen molar-refractivity contribution >= 4 is 0 Å². The highest BCUT2D eigenvalue weighted by Gasteiger charge is 2.08. The number of hydrogen-bond donors (Lipinski definition) is 1. The Labute approximate surface area is 89.5 Å². The van der Waals surface area contributed by atoms with Gasteiger partial charge in [-0.2, -0.15) is 0 Å². The number of rotatable bonds is 4. The van der Waals surface area contributed by atoms with Gasteiger partial charge < -0.3 is 5.32 Å². The van der Waals surface area contributed by atoms with Crippen LogP contribution in [0.25, 0.3) is 0 Å². The van der Waals surface area contributed by atoms with E-state index >= 15 is 0 Å². The summed E-state index contributed by atoms with van der Waals surface area (Å²) in [6.45, 7) is 6.91. The lowest BCUT2D eigenvalue weighted by atomic mass is 10.1. The van der Waals surface area contributed by atoms with E-state index in [-0.39, 0.29) is 6.04 Å². The Hall–Kier alpha value is -0.960. The molecule has 0 fully saturated rings. The molecule has 1 aromatic rings. The highest BCUT2D eigenvalue weighted by Crippen LogP contribution is 2.15. The minimum absolute atomic E-state index is 0.0300. The van der Waals surface area contributed by atoms with Crippen molar-refractivity contribution in [2.45, 2.75) is 26.8 Å². The van der Waals surface area contributed by atoms with Gasteiger partial charge in [0.2, 0.25) is 0 Å². The highest BCUT2D eigenvalue weighted by atomic mass is 19.1. The first kappa shape index (κ1) is 12.1. The minimum Gasteiger partial charge on any atom is -0.310 e. The lowest BCUT2D eigenvalue weighted by Crippen LogP contribution is -2.23. The quantitative estimate of drug-likeness (QED) is 0.809. The zero-order valence-electron chi connectivity index (χ0n) is 9.35. The molecule has 0 spiro atoms. The molecule has 1 aromatic carbocycles. The molecule has 1 nitrogen and oxygen atoms in total. The molecule has 0 radical (unpaired) electrons. The van der Waals surface area contributed by atoms with Gasteiger partial charge in [0, 0.05) is 12.1 Å². The van der Waals surface area contributed by atoms with Crippen LogP contribution in [-0.4, -0.2) is 6.54 Å². The fourth-order valence-corrected chi connectivity index (χ4v) is 1.36. The third-order valence-corrected chi connectivity index (χ3v) is 2.22. The van der Waals surface area contributed by atoms with Crippen LogP contribution in [0.1, 0.15) is 32.4 Å². The predicted octanol–water partition coefficient (Wildman–Crippen LogP) is 3.27. The maximum absolute atomic E-state index is 12.9. The van der Waals surface area contributed by atoms with Gasteiger partial charge in [0.15, 0.2) is 0 Å². The van der Waals surface area contributed by atoms with Crippen molar-refractivity contribution in [3.63, 3.8) is 0 Å². The third-order valence-electron chi connectivity index (χ3n) is 2.22. The summed E-state index contributed by atoms with van der Waals surface area (Å²) in [7, 11) is 0. The fourth-order valence-electron chi connectivity index (χ4n) is 1.36. The lowest BCUT2D eigenvalue weighted by molar-refractivity contribution is 0.490. The first-order valence-electron chi connectivity index (χ1n) is 5.18. The second kappa shape index (κ2) is 5.21. The SMILES string of the molecule is CC(C)CN[C@@H](C)c1cc(F)cc(F)c1. The Morgan fingerprint density at radius 2 is 1.60 bits per heavy atom. The first-order chi connectivity index (χ1) is 6.99. The molecular formula is C12H17F2N. The van der Waals surface area contributed by atoms with Gasteiger partial charge in [-0.15, -0.1) is 0 Å². The van der Waals surface area contributed by atoms with Crippen molar-refractivity contribution in [3.8, 4) is 0 Å². The molecule has 0 aliphatic carbocycles. The van der Waals surface area contributed by atoms with Gasteiger partial charge in [0.1, 0.15) is 11.6 Å². The second-order valence-corrected chi connectivity index (χ2v) is 4.23. The Morgan fingerprint density at radius 1 is 1.07 bits per heavy atom. The molecule has 15 heavy (non-hydrogen) atoms. The van der Waals surface area contributed by atoms with E-state index < -0.39 is 11.6 Å². The maximum Gasteiger partial charge on any atom is 0.126 e. The molecule has 0 amide bonds. The van der Waals surface area contributed by atoms with Crippen molar-refractivity contribution in [1.29, 1.82) is 0 Å². The summed E-state index contributed by atoms with van der Waals surface area (Å²) < 4.78 is 25.8. The Morgan fingerprint density at radius 3 is 2.07 bits per heavy atom. The van der Waals surface area contributed by atoms with E-state index in [2.05, 4.69) is 19.2 Å². The third kappa shape index (κ3) is 3.96. The molecule has 0 aromatic heterocycles. The molecule has 3 heteroatoms. The molecule has 1 rings (SSSR count). The summed E-state index contributed by atoms with van der Waals surface area (Å²) in [5, 5.41) is 3.22. The second-order valence-electron chi connectivity index (χ2n) is 4.23. The summed E-state index contributed by atoms with van der Waals surface area (Å²) >= 11 is 0. The van der Waals surface area contributed by atoms with Crippen LogP contribution in [0.15, 0.2) is 18.2 Å². The monoisotopic (exact) mass is 213 g/mol. The normalized spacial score (nSPS) is 13.2. The molecule has 0 aliphatic rings. The van der Waals surface area contributed by atoms with E-state index in [1.54, 1.807) is 0 Å². The summed E-state index contributed by atoms with van der Waals surface area (Å²) in [5.41, 5.74) is 0.646. The van der Waals surface area contributed by atoms with Crippen LogP contribution in [0.2, 0.25) is 0 Å². The number of nitrogens with one attached hydrogen (secondary N) is 1. The Bertz CT molecular complexity index is 303. The van der Waals surface area contributed by atoms with Gasteiger partial charge in [-0.05, 0) is 37.1 Å². The van der Waals surface area contributed by atoms with Crippen molar-refractivity contribution < 1.29 is 8.78 Å². The van der Waals surface area contributed by atoms with E-state index in [0.717, 1.165) is 12.6 Å². The highest BCUT2D eigenvalue weighted by molar-refractivity contribution is 5.20. The molecular weight excluding hydrogens is 196 g/mol. The van der Waals surface area contributed by atoms with Crippen LogP contribution < -0.4 is 5.32 Å². The zero-order valence-corrected chi connectivity index (χ0v) is 9.35. The van der Waals surface area contributed by atoms with E-state index in [1.165, 1.54) is 12.1 Å². The molecule has 0 bridgehead atoms. The number of halogens is 2. The van der Waals surface area contributed by atoms with E-state index in [0.29, 0.717) is 11.5 Å². The van der Waals surface area contributed by atoms with Gasteiger partial charge in [0.25, 0.3) is 0 Å². The van der Waals surface area contributed by atoms with Crippen molar-refractivity contribution in [2.75, 3.05) is 6.54 Å². The van der Waals surface area contributed by atoms with Gasteiger partial charge in [-0.1, -0.05) is 13.8 Å². The topological polar surface area (TPSA) is 12.0 Å². The standard InChI is InChI=1S/C12H17F2N/c1-8(2)7-15-9(3)10-4-11(13)6-12(14)5-10/h4-6,8-9,15H,7H2,1-3H3/t9-/m0/s1. The van der Waals surface area contributed by atoms with E-state index in [1.807, 2.05) is 6.92 Å². The van der Waals surface area contributed by atoms with Crippen LogP contribution in [-0.2, 0) is 0 Å². The van der Waals surface area contributed by atoms with Crippen molar-refractivity contribution in [3.05, 3.63) is 35.4 Å². The fraction of sp³-hybridized carbons (Fsp3) is 0.500. The minimum atomic E-state index is -0.525. The smallest absolute Gasteiger partial charge is 0.126 e. The zero-order chi connectivity index (χ0) is 11.4.